The third-order valence-electron chi connectivity index (χ3n) is 6.48. The summed E-state index contributed by atoms with van der Waals surface area (Å²) in [5.74, 6) is 0.595. The third kappa shape index (κ3) is 4.76. The van der Waals surface area contributed by atoms with E-state index in [0.717, 1.165) is 24.6 Å². The summed E-state index contributed by atoms with van der Waals surface area (Å²) >= 11 is 6.57. The summed E-state index contributed by atoms with van der Waals surface area (Å²) < 4.78 is 28.2. The SMILES string of the molecule is O=C(O)NC1CCC[C@@H](Nc2cc(-c3cn(S(=O)(=O)c4ccccc4)c4ccccc34)c(Cl)cn2)C1. The van der Waals surface area contributed by atoms with Crippen LogP contribution in [-0.2, 0) is 10.0 Å². The Hall–Kier alpha value is -3.56. The number of fused-ring (bicyclic) bond motifs is 1. The number of rotatable bonds is 6. The highest BCUT2D eigenvalue weighted by Crippen LogP contribution is 2.37. The number of amides is 1. The first-order valence-electron chi connectivity index (χ1n) is 11.7. The van der Waals surface area contributed by atoms with E-state index in [4.69, 9.17) is 16.7 Å². The predicted octanol–water partition coefficient (Wildman–Crippen LogP) is 5.58. The molecule has 1 aliphatic carbocycles. The van der Waals surface area contributed by atoms with E-state index in [2.05, 4.69) is 15.6 Å². The highest BCUT2D eigenvalue weighted by Gasteiger charge is 2.25. The van der Waals surface area contributed by atoms with Gasteiger partial charge in [-0.15, -0.1) is 0 Å². The van der Waals surface area contributed by atoms with Crippen molar-refractivity contribution >= 4 is 44.4 Å². The second kappa shape index (κ2) is 9.83. The van der Waals surface area contributed by atoms with Gasteiger partial charge in [0.1, 0.15) is 5.82 Å². The molecule has 2 aromatic heterocycles. The van der Waals surface area contributed by atoms with Gasteiger partial charge >= 0.3 is 6.09 Å². The van der Waals surface area contributed by atoms with Crippen LogP contribution >= 0.6 is 11.6 Å². The van der Waals surface area contributed by atoms with Crippen LogP contribution in [-0.4, -0.2) is 40.7 Å². The number of aromatic nitrogens is 2. The molecule has 1 saturated carbocycles. The van der Waals surface area contributed by atoms with Crippen molar-refractivity contribution in [3.63, 3.8) is 0 Å². The van der Waals surface area contributed by atoms with Gasteiger partial charge in [0, 0.05) is 41.0 Å². The van der Waals surface area contributed by atoms with Crippen molar-refractivity contribution < 1.29 is 18.3 Å². The van der Waals surface area contributed by atoms with Crippen LogP contribution < -0.4 is 10.6 Å². The molecule has 1 unspecified atom stereocenters. The maximum atomic E-state index is 13.5. The molecule has 2 aromatic carbocycles. The Morgan fingerprint density at radius 2 is 1.75 bits per heavy atom. The molecule has 8 nitrogen and oxygen atoms in total. The van der Waals surface area contributed by atoms with Gasteiger partial charge in [-0.2, -0.15) is 0 Å². The summed E-state index contributed by atoms with van der Waals surface area (Å²) in [6.45, 7) is 0. The van der Waals surface area contributed by atoms with Crippen LogP contribution in [0.4, 0.5) is 10.6 Å². The maximum absolute atomic E-state index is 13.5. The molecule has 0 bridgehead atoms. The van der Waals surface area contributed by atoms with Gasteiger partial charge in [0.05, 0.1) is 15.4 Å². The van der Waals surface area contributed by atoms with Crippen LogP contribution in [0.15, 0.2) is 78.0 Å². The lowest BCUT2D eigenvalue weighted by molar-refractivity contribution is 0.185. The quantitative estimate of drug-likeness (QED) is 0.303. The van der Waals surface area contributed by atoms with E-state index in [9.17, 15) is 13.2 Å². The lowest BCUT2D eigenvalue weighted by atomic mass is 9.91. The molecule has 2 heterocycles. The maximum Gasteiger partial charge on any atom is 0.404 e. The van der Waals surface area contributed by atoms with E-state index in [-0.39, 0.29) is 17.0 Å². The molecule has 1 aliphatic rings. The molecule has 36 heavy (non-hydrogen) atoms. The fraction of sp³-hybridized carbons (Fsp3) is 0.231. The van der Waals surface area contributed by atoms with Gasteiger partial charge in [-0.3, -0.25) is 0 Å². The van der Waals surface area contributed by atoms with Crippen molar-refractivity contribution in [2.24, 2.45) is 0 Å². The van der Waals surface area contributed by atoms with E-state index in [1.807, 2.05) is 18.2 Å². The number of pyridine rings is 1. The number of nitrogens with zero attached hydrogens (tertiary/aromatic N) is 2. The average molecular weight is 525 g/mol. The normalized spacial score (nSPS) is 18.1. The van der Waals surface area contributed by atoms with E-state index in [0.29, 0.717) is 33.9 Å². The van der Waals surface area contributed by atoms with Crippen molar-refractivity contribution in [1.29, 1.82) is 0 Å². The minimum atomic E-state index is -3.83. The zero-order chi connectivity index (χ0) is 25.3. The molecule has 3 N–H and O–H groups in total. The van der Waals surface area contributed by atoms with E-state index >= 15 is 0 Å². The average Bonchev–Trinajstić information content (AvgIpc) is 3.26. The second-order valence-electron chi connectivity index (χ2n) is 8.88. The number of hydrogen-bond acceptors (Lipinski definition) is 5. The van der Waals surface area contributed by atoms with Crippen LogP contribution in [0.1, 0.15) is 25.7 Å². The molecule has 0 radical (unpaired) electrons. The number of hydrogen-bond donors (Lipinski definition) is 3. The number of anilines is 1. The second-order valence-corrected chi connectivity index (χ2v) is 11.1. The Balaban J connectivity index is 1.52. The Bertz CT molecular complexity index is 1520. The molecule has 186 valence electrons. The summed E-state index contributed by atoms with van der Waals surface area (Å²) in [5, 5.41) is 16.2. The number of carbonyl (C=O) groups is 1. The summed E-state index contributed by atoms with van der Waals surface area (Å²) in [7, 11) is -3.83. The minimum absolute atomic E-state index is 0.0527. The van der Waals surface area contributed by atoms with Gasteiger partial charge in [0.2, 0.25) is 0 Å². The Morgan fingerprint density at radius 1 is 1.03 bits per heavy atom. The minimum Gasteiger partial charge on any atom is -0.465 e. The monoisotopic (exact) mass is 524 g/mol. The van der Waals surface area contributed by atoms with Gasteiger partial charge in [-0.05, 0) is 49.9 Å². The lowest BCUT2D eigenvalue weighted by Crippen LogP contribution is -2.41. The highest BCUT2D eigenvalue weighted by molar-refractivity contribution is 7.90. The van der Waals surface area contributed by atoms with Crippen LogP contribution in [0, 0.1) is 0 Å². The number of benzene rings is 2. The van der Waals surface area contributed by atoms with Gasteiger partial charge in [-0.1, -0.05) is 48.0 Å². The summed E-state index contributed by atoms with van der Waals surface area (Å²) in [4.78, 5) is 15.7. The fourth-order valence-corrected chi connectivity index (χ4v) is 6.42. The molecule has 0 spiro atoms. The first kappa shape index (κ1) is 24.1. The molecular weight excluding hydrogens is 500 g/mol. The Kier molecular flexibility index (Phi) is 6.59. The number of carboxylic acid groups (broad SMARTS) is 1. The van der Waals surface area contributed by atoms with E-state index in [1.54, 1.807) is 54.9 Å². The van der Waals surface area contributed by atoms with Crippen molar-refractivity contribution in [2.45, 2.75) is 42.7 Å². The molecule has 4 aromatic rings. The zero-order valence-corrected chi connectivity index (χ0v) is 20.8. The smallest absolute Gasteiger partial charge is 0.404 e. The van der Waals surface area contributed by atoms with Crippen molar-refractivity contribution in [2.75, 3.05) is 5.32 Å². The standard InChI is InChI=1S/C26H25ClN4O4S/c27-23-15-28-25(29-17-7-6-8-18(13-17)30-26(32)33)14-21(23)22-16-31(24-12-5-4-11-20(22)24)36(34,35)19-9-2-1-3-10-19/h1-5,9-12,14-18,30H,6-8,13H2,(H,28,29)(H,32,33)/t17-,18?/m1/s1. The van der Waals surface area contributed by atoms with Crippen molar-refractivity contribution in [1.82, 2.24) is 14.3 Å². The molecule has 10 heteroatoms. The van der Waals surface area contributed by atoms with Gasteiger partial charge in [0.25, 0.3) is 10.0 Å². The molecular formula is C26H25ClN4O4S. The van der Waals surface area contributed by atoms with Crippen molar-refractivity contribution in [3.8, 4) is 11.1 Å². The van der Waals surface area contributed by atoms with Crippen LogP contribution in [0.2, 0.25) is 5.02 Å². The Labute approximate surface area is 214 Å². The van der Waals surface area contributed by atoms with Gasteiger partial charge < -0.3 is 15.7 Å². The van der Waals surface area contributed by atoms with Gasteiger partial charge in [0.15, 0.2) is 0 Å². The molecule has 1 fully saturated rings. The van der Waals surface area contributed by atoms with Crippen LogP contribution in [0.25, 0.3) is 22.0 Å². The zero-order valence-electron chi connectivity index (χ0n) is 19.3. The van der Waals surface area contributed by atoms with Crippen LogP contribution in [0.3, 0.4) is 0 Å². The molecule has 1 amide bonds. The topological polar surface area (TPSA) is 113 Å². The first-order valence-corrected chi connectivity index (χ1v) is 13.5. The number of nitrogens with one attached hydrogen (secondary N) is 2. The molecule has 0 saturated heterocycles. The van der Waals surface area contributed by atoms with Gasteiger partial charge in [-0.25, -0.2) is 22.2 Å². The third-order valence-corrected chi connectivity index (χ3v) is 8.47. The Morgan fingerprint density at radius 3 is 2.53 bits per heavy atom. The predicted molar refractivity (Wildman–Crippen MR) is 140 cm³/mol. The van der Waals surface area contributed by atoms with E-state index in [1.165, 1.54) is 3.97 Å². The number of para-hydroxylation sites is 1. The highest BCUT2D eigenvalue weighted by atomic mass is 35.5. The first-order chi connectivity index (χ1) is 17.3. The summed E-state index contributed by atoms with van der Waals surface area (Å²) in [5.41, 5.74) is 1.88. The van der Waals surface area contributed by atoms with Crippen LogP contribution in [0.5, 0.6) is 0 Å². The summed E-state index contributed by atoms with van der Waals surface area (Å²) in [6.07, 6.45) is 5.38. The molecule has 0 aliphatic heterocycles. The molecule has 5 rings (SSSR count). The molecule has 2 atom stereocenters. The number of halogens is 1. The lowest BCUT2D eigenvalue weighted by Gasteiger charge is -2.30. The van der Waals surface area contributed by atoms with Crippen molar-refractivity contribution in [3.05, 3.63) is 78.1 Å². The summed E-state index contributed by atoms with van der Waals surface area (Å²) in [6, 6.07) is 17.4. The van der Waals surface area contributed by atoms with E-state index < -0.39 is 16.1 Å². The fourth-order valence-electron chi connectivity index (χ4n) is 4.83. The largest absolute Gasteiger partial charge is 0.465 e.